The van der Waals surface area contributed by atoms with Crippen LogP contribution in [0.5, 0.6) is 0 Å². The van der Waals surface area contributed by atoms with Gasteiger partial charge in [0.25, 0.3) is 0 Å². The van der Waals surface area contributed by atoms with Crippen LogP contribution in [0.1, 0.15) is 5.69 Å². The van der Waals surface area contributed by atoms with Gasteiger partial charge >= 0.3 is 0 Å². The zero-order chi connectivity index (χ0) is 12.5. The van der Waals surface area contributed by atoms with Gasteiger partial charge in [-0.05, 0) is 24.7 Å². The van der Waals surface area contributed by atoms with E-state index >= 15 is 0 Å². The van der Waals surface area contributed by atoms with Crippen LogP contribution in [0.4, 0.5) is 0 Å². The molecule has 5 heteroatoms. The molecule has 0 saturated carbocycles. The Labute approximate surface area is 104 Å². The van der Waals surface area contributed by atoms with Crippen LogP contribution in [0, 0.1) is 0 Å². The highest BCUT2D eigenvalue weighted by molar-refractivity contribution is 5.80. The molecule has 0 aliphatic carbocycles. The maximum atomic E-state index is 5.33. The standard InChI is InChI=1S/C13H14N4O/c1-14-7-12-10(6-16-17(12)2)9-3-4-11-13(5-9)18-8-15-11/h3-6,8,14H,7H2,1-2H3. The lowest BCUT2D eigenvalue weighted by atomic mass is 10.1. The van der Waals surface area contributed by atoms with E-state index in [-0.39, 0.29) is 0 Å². The topological polar surface area (TPSA) is 55.9 Å². The van der Waals surface area contributed by atoms with Gasteiger partial charge in [0, 0.05) is 19.2 Å². The molecule has 3 rings (SSSR count). The van der Waals surface area contributed by atoms with Crippen LogP contribution >= 0.6 is 0 Å². The van der Waals surface area contributed by atoms with Crippen molar-refractivity contribution in [3.8, 4) is 11.1 Å². The van der Waals surface area contributed by atoms with Gasteiger partial charge in [0.1, 0.15) is 5.52 Å². The van der Waals surface area contributed by atoms with Crippen LogP contribution in [0.3, 0.4) is 0 Å². The number of aryl methyl sites for hydroxylation is 1. The van der Waals surface area contributed by atoms with Crippen LogP contribution in [0.2, 0.25) is 0 Å². The summed E-state index contributed by atoms with van der Waals surface area (Å²) in [6, 6.07) is 6.00. The third-order valence-corrected chi connectivity index (χ3v) is 3.05. The first-order valence-corrected chi connectivity index (χ1v) is 5.78. The molecule has 1 aromatic carbocycles. The van der Waals surface area contributed by atoms with Crippen molar-refractivity contribution in [3.63, 3.8) is 0 Å². The van der Waals surface area contributed by atoms with Crippen LogP contribution in [0.25, 0.3) is 22.2 Å². The van der Waals surface area contributed by atoms with E-state index < -0.39 is 0 Å². The molecule has 0 radical (unpaired) electrons. The zero-order valence-electron chi connectivity index (χ0n) is 10.3. The maximum absolute atomic E-state index is 5.33. The minimum atomic E-state index is 0.778. The lowest BCUT2D eigenvalue weighted by molar-refractivity contribution is 0.602. The monoisotopic (exact) mass is 242 g/mol. The third kappa shape index (κ3) is 1.69. The Morgan fingerprint density at radius 1 is 1.39 bits per heavy atom. The molecule has 2 aromatic heterocycles. The smallest absolute Gasteiger partial charge is 0.181 e. The number of hydrogen-bond donors (Lipinski definition) is 1. The molecule has 5 nitrogen and oxygen atoms in total. The average molecular weight is 242 g/mol. The van der Waals surface area contributed by atoms with Crippen LogP contribution < -0.4 is 5.32 Å². The molecule has 0 atom stereocenters. The first-order chi connectivity index (χ1) is 8.79. The van der Waals surface area contributed by atoms with Gasteiger partial charge in [-0.2, -0.15) is 5.10 Å². The number of benzene rings is 1. The fraction of sp³-hybridized carbons (Fsp3) is 0.231. The summed E-state index contributed by atoms with van der Waals surface area (Å²) in [6.45, 7) is 0.778. The fourth-order valence-electron chi connectivity index (χ4n) is 2.10. The van der Waals surface area contributed by atoms with Crippen molar-refractivity contribution in [1.29, 1.82) is 0 Å². The van der Waals surface area contributed by atoms with Crippen molar-refractivity contribution < 1.29 is 4.42 Å². The van der Waals surface area contributed by atoms with Crippen LogP contribution in [-0.2, 0) is 13.6 Å². The van der Waals surface area contributed by atoms with Crippen molar-refractivity contribution in [2.24, 2.45) is 7.05 Å². The summed E-state index contributed by atoms with van der Waals surface area (Å²) in [4.78, 5) is 4.12. The van der Waals surface area contributed by atoms with Gasteiger partial charge in [-0.15, -0.1) is 0 Å². The molecule has 18 heavy (non-hydrogen) atoms. The number of hydrogen-bond acceptors (Lipinski definition) is 4. The number of nitrogens with zero attached hydrogens (tertiary/aromatic N) is 3. The summed E-state index contributed by atoms with van der Waals surface area (Å²) in [5, 5.41) is 7.47. The minimum absolute atomic E-state index is 0.778. The molecule has 92 valence electrons. The Balaban J connectivity index is 2.13. The molecule has 3 aromatic rings. The summed E-state index contributed by atoms with van der Waals surface area (Å²) >= 11 is 0. The summed E-state index contributed by atoms with van der Waals surface area (Å²) < 4.78 is 7.22. The molecule has 0 bridgehead atoms. The lowest BCUT2D eigenvalue weighted by Gasteiger charge is -2.05. The molecule has 0 aliphatic rings. The Morgan fingerprint density at radius 2 is 2.28 bits per heavy atom. The number of fused-ring (bicyclic) bond motifs is 1. The summed E-state index contributed by atoms with van der Waals surface area (Å²) in [5.74, 6) is 0. The Morgan fingerprint density at radius 3 is 3.11 bits per heavy atom. The number of nitrogens with one attached hydrogen (secondary N) is 1. The Kier molecular flexibility index (Phi) is 2.60. The predicted molar refractivity (Wildman–Crippen MR) is 69.0 cm³/mol. The summed E-state index contributed by atoms with van der Waals surface area (Å²) in [5.41, 5.74) is 5.03. The first kappa shape index (κ1) is 11.0. The molecule has 0 amide bonds. The van der Waals surface area contributed by atoms with E-state index in [1.165, 1.54) is 6.39 Å². The normalized spacial score (nSPS) is 11.2. The van der Waals surface area contributed by atoms with Gasteiger partial charge in [0.15, 0.2) is 12.0 Å². The van der Waals surface area contributed by atoms with E-state index in [4.69, 9.17) is 4.42 Å². The highest BCUT2D eigenvalue weighted by Crippen LogP contribution is 2.26. The quantitative estimate of drug-likeness (QED) is 0.762. The molecule has 0 aliphatic heterocycles. The van der Waals surface area contributed by atoms with Crippen LogP contribution in [0.15, 0.2) is 35.2 Å². The van der Waals surface area contributed by atoms with Gasteiger partial charge in [-0.1, -0.05) is 6.07 Å². The van der Waals surface area contributed by atoms with E-state index in [1.807, 2.05) is 43.2 Å². The van der Waals surface area contributed by atoms with Gasteiger partial charge in [-0.25, -0.2) is 4.98 Å². The molecular weight excluding hydrogens is 228 g/mol. The van der Waals surface area contributed by atoms with Gasteiger partial charge in [0.05, 0.1) is 11.9 Å². The van der Waals surface area contributed by atoms with Crippen molar-refractivity contribution in [3.05, 3.63) is 36.5 Å². The van der Waals surface area contributed by atoms with E-state index in [0.29, 0.717) is 0 Å². The average Bonchev–Trinajstić information content (AvgIpc) is 2.97. The SMILES string of the molecule is CNCc1c(-c2ccc3ncoc3c2)cnn1C. The van der Waals surface area contributed by atoms with E-state index in [1.54, 1.807) is 0 Å². The minimum Gasteiger partial charge on any atom is -0.443 e. The first-order valence-electron chi connectivity index (χ1n) is 5.78. The third-order valence-electron chi connectivity index (χ3n) is 3.05. The number of oxazole rings is 1. The highest BCUT2D eigenvalue weighted by Gasteiger charge is 2.11. The molecule has 1 N–H and O–H groups in total. The fourth-order valence-corrected chi connectivity index (χ4v) is 2.10. The second kappa shape index (κ2) is 4.27. The summed E-state index contributed by atoms with van der Waals surface area (Å²) in [7, 11) is 3.87. The van der Waals surface area contributed by atoms with E-state index in [2.05, 4.69) is 15.4 Å². The number of aromatic nitrogens is 3. The predicted octanol–water partition coefficient (Wildman–Crippen LogP) is 1.95. The Hall–Kier alpha value is -2.14. The Bertz CT molecular complexity index is 683. The van der Waals surface area contributed by atoms with Crippen molar-refractivity contribution >= 4 is 11.1 Å². The second-order valence-corrected chi connectivity index (χ2v) is 4.19. The lowest BCUT2D eigenvalue weighted by Crippen LogP contribution is -2.10. The zero-order valence-corrected chi connectivity index (χ0v) is 10.3. The largest absolute Gasteiger partial charge is 0.443 e. The van der Waals surface area contributed by atoms with Crippen molar-refractivity contribution in [1.82, 2.24) is 20.1 Å². The summed E-state index contributed by atoms with van der Waals surface area (Å²) in [6.07, 6.45) is 3.34. The molecular formula is C13H14N4O. The van der Waals surface area contributed by atoms with Gasteiger partial charge < -0.3 is 9.73 Å². The molecule has 0 spiro atoms. The van der Waals surface area contributed by atoms with Gasteiger partial charge in [0.2, 0.25) is 0 Å². The maximum Gasteiger partial charge on any atom is 0.181 e. The second-order valence-electron chi connectivity index (χ2n) is 4.19. The van der Waals surface area contributed by atoms with Crippen molar-refractivity contribution in [2.75, 3.05) is 7.05 Å². The molecule has 0 unspecified atom stereocenters. The molecule has 0 saturated heterocycles. The van der Waals surface area contributed by atoms with E-state index in [9.17, 15) is 0 Å². The van der Waals surface area contributed by atoms with Gasteiger partial charge in [-0.3, -0.25) is 4.68 Å². The van der Waals surface area contributed by atoms with Crippen LogP contribution in [-0.4, -0.2) is 21.8 Å². The number of rotatable bonds is 3. The van der Waals surface area contributed by atoms with Crippen molar-refractivity contribution in [2.45, 2.75) is 6.54 Å². The van der Waals surface area contributed by atoms with E-state index in [0.717, 1.165) is 34.5 Å². The molecule has 0 fully saturated rings. The molecule has 2 heterocycles. The highest BCUT2D eigenvalue weighted by atomic mass is 16.3.